The minimum absolute atomic E-state index is 0.347. The molecule has 0 rings (SSSR count). The summed E-state index contributed by atoms with van der Waals surface area (Å²) in [5.74, 6) is 1.64. The summed E-state index contributed by atoms with van der Waals surface area (Å²) in [6.45, 7) is 18.8. The number of unbranched alkanes of at least 4 members (excludes halogenated alkanes) is 28. The van der Waals surface area contributed by atoms with Gasteiger partial charge in [-0.2, -0.15) is 0 Å². The Morgan fingerprint density at radius 2 is 0.551 bits per heavy atom. The minimum Gasteiger partial charge on any atom is -0.300 e. The molecule has 0 amide bonds. The van der Waals surface area contributed by atoms with Crippen molar-refractivity contribution in [2.75, 3.05) is 0 Å². The highest BCUT2D eigenvalue weighted by molar-refractivity contribution is 5.75. The van der Waals surface area contributed by atoms with E-state index in [1.807, 2.05) is 13.8 Å². The molecule has 2 nitrogen and oxygen atoms in total. The largest absolute Gasteiger partial charge is 0.300 e. The summed E-state index contributed by atoms with van der Waals surface area (Å²) in [4.78, 5) is 21.6. The Balaban J connectivity index is -0.000000332. The minimum atomic E-state index is 0.347. The lowest BCUT2D eigenvalue weighted by Gasteiger charge is -2.03. The number of carbonyl (C=O) groups is 2. The van der Waals surface area contributed by atoms with Gasteiger partial charge < -0.3 is 9.59 Å². The maximum atomic E-state index is 10.8. The molecule has 0 N–H and O–H groups in total. The number of ketones is 2. The Morgan fingerprint density at radius 1 is 0.347 bits per heavy atom. The van der Waals surface area contributed by atoms with Gasteiger partial charge in [-0.05, 0) is 32.6 Å². The van der Waals surface area contributed by atoms with Gasteiger partial charge >= 0.3 is 0 Å². The molecule has 0 aliphatic carbocycles. The van der Waals surface area contributed by atoms with E-state index < -0.39 is 0 Å². The second-order valence-electron chi connectivity index (χ2n) is 15.1. The summed E-state index contributed by atoms with van der Waals surface area (Å²) in [7, 11) is 0. The molecule has 0 aromatic heterocycles. The monoisotopic (exact) mass is 695 g/mol. The second-order valence-corrected chi connectivity index (χ2v) is 15.1. The Bertz CT molecular complexity index is 524. The molecule has 0 saturated heterocycles. The van der Waals surface area contributed by atoms with Gasteiger partial charge in [-0.3, -0.25) is 0 Å². The fraction of sp³-hybridized carbons (Fsp3) is 0.957. The van der Waals surface area contributed by atoms with Crippen LogP contribution in [0.15, 0.2) is 0 Å². The van der Waals surface area contributed by atoms with Gasteiger partial charge in [-0.15, -0.1) is 0 Å². The first kappa shape index (κ1) is 55.1. The highest BCUT2D eigenvalue weighted by Gasteiger charge is 1.97. The molecular weight excluding hydrogens is 597 g/mol. The van der Waals surface area contributed by atoms with E-state index in [0.717, 1.165) is 31.6 Å². The van der Waals surface area contributed by atoms with Gasteiger partial charge in [0.2, 0.25) is 0 Å². The molecule has 0 radical (unpaired) electrons. The van der Waals surface area contributed by atoms with Crippen LogP contribution in [0.2, 0.25) is 0 Å². The maximum Gasteiger partial charge on any atom is 0.129 e. The lowest BCUT2D eigenvalue weighted by atomic mass is 10.0. The molecule has 49 heavy (non-hydrogen) atoms. The average molecular weight is 695 g/mol. The Hall–Kier alpha value is -0.660. The zero-order valence-corrected chi connectivity index (χ0v) is 36.1. The van der Waals surface area contributed by atoms with Crippen molar-refractivity contribution in [1.29, 1.82) is 0 Å². The summed E-state index contributed by atoms with van der Waals surface area (Å²) in [6.07, 6.45) is 47.2. The van der Waals surface area contributed by atoms with E-state index in [1.165, 1.54) is 199 Å². The molecular formula is C47H98O2. The average Bonchev–Trinajstić information content (AvgIpc) is 3.09. The standard InChI is InChI=1S/2C19H38O.C7H16.C2H6/c2*1-3-4-5-6-7-8-9-10-11-12-13-14-15-16-17-18-19(2)20;1-4-6-7(3)5-2;1-2/h2*3-18H2,1-2H3;7H,4-6H2,1-3H3;1-2H3. The summed E-state index contributed by atoms with van der Waals surface area (Å²) in [6, 6.07) is 0. The Morgan fingerprint density at radius 3 is 0.694 bits per heavy atom. The molecule has 0 bridgehead atoms. The molecule has 2 heteroatoms. The van der Waals surface area contributed by atoms with Crippen LogP contribution in [0.1, 0.15) is 287 Å². The summed E-state index contributed by atoms with van der Waals surface area (Å²) >= 11 is 0. The van der Waals surface area contributed by atoms with E-state index >= 15 is 0 Å². The zero-order valence-electron chi connectivity index (χ0n) is 36.1. The quantitative estimate of drug-likeness (QED) is 0.0619. The third-order valence-corrected chi connectivity index (χ3v) is 9.74. The molecule has 0 heterocycles. The van der Waals surface area contributed by atoms with Crippen LogP contribution in [0.3, 0.4) is 0 Å². The van der Waals surface area contributed by atoms with Crippen molar-refractivity contribution in [2.24, 2.45) is 5.92 Å². The van der Waals surface area contributed by atoms with E-state index in [9.17, 15) is 9.59 Å². The van der Waals surface area contributed by atoms with Crippen molar-refractivity contribution < 1.29 is 9.59 Å². The first-order valence-electron chi connectivity index (χ1n) is 22.8. The maximum absolute atomic E-state index is 10.8. The molecule has 0 aliphatic heterocycles. The van der Waals surface area contributed by atoms with Crippen molar-refractivity contribution >= 4 is 11.6 Å². The van der Waals surface area contributed by atoms with E-state index in [1.54, 1.807) is 13.8 Å². The molecule has 1 atom stereocenters. The lowest BCUT2D eigenvalue weighted by Crippen LogP contribution is -1.89. The molecule has 0 fully saturated rings. The van der Waals surface area contributed by atoms with E-state index in [0.29, 0.717) is 11.6 Å². The number of hydrogen-bond donors (Lipinski definition) is 0. The summed E-state index contributed by atoms with van der Waals surface area (Å²) in [5.41, 5.74) is 0. The first-order valence-corrected chi connectivity index (χ1v) is 22.8. The number of rotatable bonds is 35. The van der Waals surface area contributed by atoms with Crippen molar-refractivity contribution in [1.82, 2.24) is 0 Å². The fourth-order valence-electron chi connectivity index (χ4n) is 6.19. The Kier molecular flexibility index (Phi) is 60.9. The van der Waals surface area contributed by atoms with Crippen LogP contribution >= 0.6 is 0 Å². The lowest BCUT2D eigenvalue weighted by molar-refractivity contribution is -0.117. The van der Waals surface area contributed by atoms with E-state index in [4.69, 9.17) is 0 Å². The third kappa shape index (κ3) is 66.2. The van der Waals surface area contributed by atoms with Gasteiger partial charge in [0.25, 0.3) is 0 Å². The molecule has 298 valence electrons. The molecule has 0 spiro atoms. The fourth-order valence-corrected chi connectivity index (χ4v) is 6.19. The van der Waals surface area contributed by atoms with E-state index in [2.05, 4.69) is 34.6 Å². The second kappa shape index (κ2) is 54.1. The van der Waals surface area contributed by atoms with Crippen LogP contribution in [-0.4, -0.2) is 11.6 Å². The van der Waals surface area contributed by atoms with Gasteiger partial charge in [0.05, 0.1) is 0 Å². The normalized spacial score (nSPS) is 11.0. The molecule has 1 unspecified atom stereocenters. The number of Topliss-reactive ketones (excluding diaryl/α,β-unsaturated/α-hetero) is 2. The van der Waals surface area contributed by atoms with Gasteiger partial charge in [0.15, 0.2) is 0 Å². The van der Waals surface area contributed by atoms with Gasteiger partial charge in [0.1, 0.15) is 11.6 Å². The van der Waals surface area contributed by atoms with Gasteiger partial charge in [0, 0.05) is 12.8 Å². The SMILES string of the molecule is CC.CCCC(C)CC.CCCCCCCCCCCCCCCCCC(C)=O.CCCCCCCCCCCCCCCCCC(C)=O. The summed E-state index contributed by atoms with van der Waals surface area (Å²) in [5, 5.41) is 0. The first-order chi connectivity index (χ1) is 23.8. The van der Waals surface area contributed by atoms with E-state index in [-0.39, 0.29) is 0 Å². The Labute approximate surface area is 313 Å². The van der Waals surface area contributed by atoms with Crippen LogP contribution in [0.4, 0.5) is 0 Å². The zero-order chi connectivity index (χ0) is 37.5. The van der Waals surface area contributed by atoms with Crippen molar-refractivity contribution in [3.05, 3.63) is 0 Å². The smallest absolute Gasteiger partial charge is 0.129 e. The van der Waals surface area contributed by atoms with Crippen LogP contribution in [0.5, 0.6) is 0 Å². The molecule has 0 aliphatic rings. The van der Waals surface area contributed by atoms with Gasteiger partial charge in [-0.1, -0.05) is 248 Å². The topological polar surface area (TPSA) is 34.1 Å². The highest BCUT2D eigenvalue weighted by atomic mass is 16.1. The predicted molar refractivity (Wildman–Crippen MR) is 226 cm³/mol. The third-order valence-electron chi connectivity index (χ3n) is 9.74. The highest BCUT2D eigenvalue weighted by Crippen LogP contribution is 2.15. The summed E-state index contributed by atoms with van der Waals surface area (Å²) < 4.78 is 0. The predicted octanol–water partition coefficient (Wildman–Crippen LogP) is 17.5. The van der Waals surface area contributed by atoms with Crippen molar-refractivity contribution in [3.63, 3.8) is 0 Å². The van der Waals surface area contributed by atoms with Crippen LogP contribution < -0.4 is 0 Å². The van der Waals surface area contributed by atoms with Crippen LogP contribution in [0, 0.1) is 5.92 Å². The van der Waals surface area contributed by atoms with Crippen LogP contribution in [-0.2, 0) is 9.59 Å². The van der Waals surface area contributed by atoms with Gasteiger partial charge in [-0.25, -0.2) is 0 Å². The van der Waals surface area contributed by atoms with Crippen molar-refractivity contribution in [3.8, 4) is 0 Å². The molecule has 0 aromatic rings. The number of carbonyl (C=O) groups excluding carboxylic acids is 2. The van der Waals surface area contributed by atoms with Crippen molar-refractivity contribution in [2.45, 2.75) is 287 Å². The van der Waals surface area contributed by atoms with Crippen LogP contribution in [0.25, 0.3) is 0 Å². The molecule has 0 aromatic carbocycles. The number of hydrogen-bond acceptors (Lipinski definition) is 2. The molecule has 0 saturated carbocycles.